The van der Waals surface area contributed by atoms with Crippen molar-refractivity contribution in [3.8, 4) is 45.0 Å². The van der Waals surface area contributed by atoms with Gasteiger partial charge >= 0.3 is 0 Å². The molecule has 4 aromatic carbocycles. The molecule has 0 bridgehead atoms. The maximum atomic E-state index is 12.1. The Morgan fingerprint density at radius 2 is 0.744 bits per heavy atom. The molecular formula is C66H78N14O2. The van der Waals surface area contributed by atoms with Crippen LogP contribution in [0.3, 0.4) is 0 Å². The molecule has 4 N–H and O–H groups in total. The molecule has 12 rings (SSSR count). The third-order valence-electron chi connectivity index (χ3n) is 12.2. The summed E-state index contributed by atoms with van der Waals surface area (Å²) in [7, 11) is 9.10. The molecule has 0 aliphatic rings. The van der Waals surface area contributed by atoms with Crippen LogP contribution >= 0.6 is 0 Å². The monoisotopic (exact) mass is 1100 g/mol. The Hall–Kier alpha value is -9.83. The highest BCUT2D eigenvalue weighted by molar-refractivity contribution is 6.05. The van der Waals surface area contributed by atoms with E-state index >= 15 is 0 Å². The van der Waals surface area contributed by atoms with Gasteiger partial charge in [-0.2, -0.15) is 15.3 Å². The van der Waals surface area contributed by atoms with E-state index < -0.39 is 0 Å². The van der Waals surface area contributed by atoms with E-state index in [2.05, 4.69) is 98.8 Å². The molecule has 424 valence electrons. The van der Waals surface area contributed by atoms with Gasteiger partial charge < -0.3 is 14.8 Å². The summed E-state index contributed by atoms with van der Waals surface area (Å²) in [5.74, 6) is 1.37. The number of rotatable bonds is 7. The van der Waals surface area contributed by atoms with Crippen LogP contribution < -0.4 is 9.80 Å². The molecule has 12 aromatic rings. The minimum Gasteiger partial charge on any atom is -0.361 e. The number of fused-ring (bicyclic) bond motifs is 4. The summed E-state index contributed by atoms with van der Waals surface area (Å²) in [4.78, 5) is 49.6. The molecule has 8 heterocycles. The first-order valence-corrected chi connectivity index (χ1v) is 27.7. The van der Waals surface area contributed by atoms with Crippen molar-refractivity contribution in [1.82, 2.24) is 60.4 Å². The second-order valence-corrected chi connectivity index (χ2v) is 17.7. The number of benzene rings is 4. The number of aromatic amines is 4. The Morgan fingerprint density at radius 1 is 0.415 bits per heavy atom. The van der Waals surface area contributed by atoms with E-state index in [1.54, 1.807) is 33.5 Å². The molecule has 0 saturated heterocycles. The second-order valence-electron chi connectivity index (χ2n) is 17.7. The number of carbonyl (C=O) groups is 2. The second kappa shape index (κ2) is 31.7. The molecule has 8 aromatic heterocycles. The molecular weight excluding hydrogens is 1020 g/mol. The molecule has 0 unspecified atom stereocenters. The predicted octanol–water partition coefficient (Wildman–Crippen LogP) is 15.3. The quantitative estimate of drug-likeness (QED) is 0.119. The number of H-pyrrole nitrogens is 4. The fraction of sp³-hybridized carbons (Fsp3) is 0.227. The van der Waals surface area contributed by atoms with Gasteiger partial charge in [0, 0.05) is 92.2 Å². The van der Waals surface area contributed by atoms with Crippen molar-refractivity contribution in [3.05, 3.63) is 188 Å². The number of amides is 2. The number of carbonyl (C=O) groups excluding carboxylic acids is 2. The molecule has 0 aliphatic carbocycles. The lowest BCUT2D eigenvalue weighted by molar-refractivity contribution is -0.116. The first-order chi connectivity index (χ1) is 39.9. The summed E-state index contributed by atoms with van der Waals surface area (Å²) < 4.78 is 0. The van der Waals surface area contributed by atoms with Gasteiger partial charge in [-0.05, 0) is 36.8 Å². The lowest BCUT2D eigenvalue weighted by Gasteiger charge is -2.11. The smallest absolute Gasteiger partial charge is 0.274 e. The summed E-state index contributed by atoms with van der Waals surface area (Å²) in [5.41, 5.74) is 13.3. The molecule has 16 nitrogen and oxygen atoms in total. The summed E-state index contributed by atoms with van der Waals surface area (Å²) in [6, 6.07) is 48.2. The third kappa shape index (κ3) is 15.7. The molecule has 0 fully saturated rings. The molecule has 0 radical (unpaired) electrons. The Bertz CT molecular complexity index is 3830. The number of nitrogens with zero attached hydrogens (tertiary/aromatic N) is 10. The van der Waals surface area contributed by atoms with E-state index in [4.69, 9.17) is 0 Å². The largest absolute Gasteiger partial charge is 0.361 e. The predicted molar refractivity (Wildman–Crippen MR) is 341 cm³/mol. The summed E-state index contributed by atoms with van der Waals surface area (Å²) in [6.07, 6.45) is 9.18. The van der Waals surface area contributed by atoms with Crippen molar-refractivity contribution in [3.63, 3.8) is 0 Å². The van der Waals surface area contributed by atoms with E-state index in [0.29, 0.717) is 11.5 Å². The number of hydrogen-bond acceptors (Lipinski definition) is 10. The van der Waals surface area contributed by atoms with Crippen molar-refractivity contribution >= 4 is 67.1 Å². The Kier molecular flexibility index (Phi) is 24.3. The normalized spacial score (nSPS) is 9.99. The van der Waals surface area contributed by atoms with Crippen LogP contribution in [0.5, 0.6) is 0 Å². The lowest BCUT2D eigenvalue weighted by atomic mass is 10.1. The van der Waals surface area contributed by atoms with Gasteiger partial charge in [0.25, 0.3) is 5.91 Å². The van der Waals surface area contributed by atoms with E-state index in [9.17, 15) is 9.59 Å². The molecule has 16 heteroatoms. The lowest BCUT2D eigenvalue weighted by Crippen LogP contribution is -2.23. The number of aromatic nitrogens is 11. The number of pyridine rings is 4. The van der Waals surface area contributed by atoms with Crippen molar-refractivity contribution in [1.29, 1.82) is 0 Å². The first kappa shape index (κ1) is 63.0. The molecule has 2 amide bonds. The number of nitrogens with one attached hydrogen (secondary N) is 4. The minimum absolute atomic E-state index is 0.0588. The van der Waals surface area contributed by atoms with Crippen LogP contribution in [0.1, 0.15) is 78.4 Å². The fourth-order valence-electron chi connectivity index (χ4n) is 8.07. The highest BCUT2D eigenvalue weighted by Crippen LogP contribution is 2.29. The van der Waals surface area contributed by atoms with Crippen LogP contribution in [0, 0.1) is 6.92 Å². The zero-order chi connectivity index (χ0) is 59.7. The van der Waals surface area contributed by atoms with Crippen molar-refractivity contribution in [2.45, 2.75) is 69.2 Å². The van der Waals surface area contributed by atoms with Crippen molar-refractivity contribution < 1.29 is 9.59 Å². The van der Waals surface area contributed by atoms with Crippen LogP contribution in [0.2, 0.25) is 0 Å². The first-order valence-electron chi connectivity index (χ1n) is 27.7. The summed E-state index contributed by atoms with van der Waals surface area (Å²) in [5, 5.41) is 25.3. The van der Waals surface area contributed by atoms with Gasteiger partial charge in [-0.3, -0.25) is 49.7 Å². The van der Waals surface area contributed by atoms with Crippen LogP contribution in [-0.2, 0) is 4.79 Å². The van der Waals surface area contributed by atoms with Gasteiger partial charge in [0.2, 0.25) is 5.91 Å². The minimum atomic E-state index is -0.124. The van der Waals surface area contributed by atoms with E-state index in [0.717, 1.165) is 89.1 Å². The molecule has 0 saturated carbocycles. The van der Waals surface area contributed by atoms with Crippen molar-refractivity contribution in [2.24, 2.45) is 0 Å². The van der Waals surface area contributed by atoms with E-state index in [1.165, 1.54) is 27.7 Å². The van der Waals surface area contributed by atoms with E-state index in [-0.39, 0.29) is 11.8 Å². The van der Waals surface area contributed by atoms with Crippen LogP contribution in [0.4, 0.5) is 11.6 Å². The Labute approximate surface area is 482 Å². The van der Waals surface area contributed by atoms with Crippen molar-refractivity contribution in [2.75, 3.05) is 45.0 Å². The Balaban J connectivity index is 0.000000193. The van der Waals surface area contributed by atoms with Gasteiger partial charge in [-0.1, -0.05) is 177 Å². The fourth-order valence-corrected chi connectivity index (χ4v) is 8.07. The summed E-state index contributed by atoms with van der Waals surface area (Å²) >= 11 is 0. The molecule has 0 atom stereocenters. The number of hydrogen-bond donors (Lipinski definition) is 4. The van der Waals surface area contributed by atoms with Gasteiger partial charge in [0.05, 0.1) is 69.6 Å². The average molecular weight is 1100 g/mol. The Morgan fingerprint density at radius 3 is 1.12 bits per heavy atom. The highest BCUT2D eigenvalue weighted by Gasteiger charge is 2.18. The van der Waals surface area contributed by atoms with Crippen LogP contribution in [0.25, 0.3) is 88.6 Å². The van der Waals surface area contributed by atoms with E-state index in [1.807, 2.05) is 202 Å². The van der Waals surface area contributed by atoms with Gasteiger partial charge in [-0.25, -0.2) is 0 Å². The number of aryl methyl sites for hydroxylation is 1. The SMILES string of the molecule is CC.CC.CC.CC.CC(=O)N(C)c1n[nH]c2cnc(-c3ccccc3)cc12.CN(C)C(=O)c1n[nH]c2cnc(-c3ccccc3)cc12.CN(C)c1n[nH]c2cnc(-c3ccccc3)cc12.Cc1c[nH]c2cnc(-c3ccccc3)cc12. The standard InChI is InChI=1S/2C15H14N4O.C14H14N4.C14H12N2.4C2H6/c1-19(2)15(20)14-11-8-12(10-6-4-3-5-7-10)16-9-13(11)17-18-14;1-10(20)19(2)15-12-8-13(11-6-4-3-5-7-11)16-9-14(12)17-18-15;1-18(2)14-11-8-12(10-6-4-3-5-7-10)15-9-13(11)16-17-14;1-10-8-15-14-9-16-13(7-12(10)14)11-5-3-2-4-6-11;4*1-2/h2*3-9H,1-2H3,(H,17,18);3-9H,1-2H3,(H,16,17);2-9,15H,1H3;4*1-2H3. The highest BCUT2D eigenvalue weighted by atomic mass is 16.2. The average Bonchev–Trinajstić information content (AvgIpc) is 4.55. The maximum absolute atomic E-state index is 12.1. The van der Waals surface area contributed by atoms with Gasteiger partial charge in [0.15, 0.2) is 17.3 Å². The van der Waals surface area contributed by atoms with Crippen LogP contribution in [0.15, 0.2) is 177 Å². The molecule has 82 heavy (non-hydrogen) atoms. The van der Waals surface area contributed by atoms with Crippen LogP contribution in [-0.4, -0.2) is 107 Å². The zero-order valence-electron chi connectivity index (χ0n) is 50.0. The number of anilines is 2. The summed E-state index contributed by atoms with van der Waals surface area (Å²) in [6.45, 7) is 19.6. The molecule has 0 spiro atoms. The molecule has 0 aliphatic heterocycles. The topological polar surface area (TPSA) is 197 Å². The van der Waals surface area contributed by atoms with Gasteiger partial charge in [-0.15, -0.1) is 0 Å². The third-order valence-corrected chi connectivity index (χ3v) is 12.2. The van der Waals surface area contributed by atoms with Gasteiger partial charge in [0.1, 0.15) is 0 Å². The maximum Gasteiger partial charge on any atom is 0.274 e. The zero-order valence-corrected chi connectivity index (χ0v) is 50.0.